The molecule has 0 unspecified atom stereocenters. The lowest BCUT2D eigenvalue weighted by atomic mass is 9.67. The van der Waals surface area contributed by atoms with Crippen LogP contribution in [0.15, 0.2) is 54.6 Å². The third kappa shape index (κ3) is 4.31. The van der Waals surface area contributed by atoms with Gasteiger partial charge in [-0.2, -0.15) is 0 Å². The van der Waals surface area contributed by atoms with Gasteiger partial charge in [-0.1, -0.05) is 54.1 Å². The second-order valence-corrected chi connectivity index (χ2v) is 8.42. The number of urea groups is 1. The van der Waals surface area contributed by atoms with Crippen LogP contribution in [0.1, 0.15) is 44.4 Å². The van der Waals surface area contributed by atoms with Crippen molar-refractivity contribution in [2.75, 3.05) is 0 Å². The predicted molar refractivity (Wildman–Crippen MR) is 114 cm³/mol. The number of aryl methyl sites for hydroxylation is 1. The van der Waals surface area contributed by atoms with Crippen LogP contribution in [-0.4, -0.2) is 34.1 Å². The molecule has 5 nitrogen and oxygen atoms in total. The Bertz CT molecular complexity index is 869. The molecule has 1 heterocycles. The molecular formula is C23H27ClN2O3. The molecule has 0 saturated carbocycles. The summed E-state index contributed by atoms with van der Waals surface area (Å²) in [4.78, 5) is 26.9. The molecule has 154 valence electrons. The Morgan fingerprint density at radius 2 is 1.79 bits per heavy atom. The fourth-order valence-electron chi connectivity index (χ4n) is 4.10. The summed E-state index contributed by atoms with van der Waals surface area (Å²) in [5.41, 5.74) is 1.22. The van der Waals surface area contributed by atoms with Crippen LogP contribution in [0, 0.1) is 5.41 Å². The number of β-lactam (4-membered cyclic amide) rings is 1. The summed E-state index contributed by atoms with van der Waals surface area (Å²) in [6, 6.07) is 15.8. The molecule has 1 fully saturated rings. The van der Waals surface area contributed by atoms with Crippen LogP contribution >= 0.6 is 11.6 Å². The molecule has 0 aromatic heterocycles. The zero-order valence-electron chi connectivity index (χ0n) is 16.9. The summed E-state index contributed by atoms with van der Waals surface area (Å²) in [7, 11) is 0. The molecular weight excluding hydrogens is 388 g/mol. The van der Waals surface area contributed by atoms with Crippen LogP contribution in [0.3, 0.4) is 0 Å². The molecule has 0 spiro atoms. The Balaban J connectivity index is 1.69. The maximum atomic E-state index is 13.0. The standard InChI is InChI=1S/C23H27ClN2O3/c1-15(18-7-5-4-6-8-18)25-22(29)26-20(16(2)27)23(3,21(26)28)14-13-17-9-11-19(24)12-10-17/h4-12,15-16,20,27H,13-14H2,1-3H3,(H,25,29)/t15-,16-,20-,23-/m1/s1. The Kier molecular flexibility index (Phi) is 6.30. The first kappa shape index (κ1) is 21.3. The predicted octanol–water partition coefficient (Wildman–Crippen LogP) is 4.34. The quantitative estimate of drug-likeness (QED) is 0.691. The Hall–Kier alpha value is -2.37. The molecule has 2 N–H and O–H groups in total. The van der Waals surface area contributed by atoms with Gasteiger partial charge in [0, 0.05) is 5.02 Å². The average Bonchev–Trinajstić information content (AvgIpc) is 2.70. The average molecular weight is 415 g/mol. The molecule has 1 aliphatic heterocycles. The minimum Gasteiger partial charge on any atom is -0.391 e. The highest BCUT2D eigenvalue weighted by Crippen LogP contribution is 2.44. The summed E-state index contributed by atoms with van der Waals surface area (Å²) in [5.74, 6) is -0.255. The largest absolute Gasteiger partial charge is 0.391 e. The zero-order valence-corrected chi connectivity index (χ0v) is 17.7. The minimum atomic E-state index is -0.819. The molecule has 6 heteroatoms. The van der Waals surface area contributed by atoms with Gasteiger partial charge in [-0.25, -0.2) is 4.79 Å². The Morgan fingerprint density at radius 1 is 1.17 bits per heavy atom. The highest BCUT2D eigenvalue weighted by atomic mass is 35.5. The van der Waals surface area contributed by atoms with Gasteiger partial charge in [0.2, 0.25) is 5.91 Å². The van der Waals surface area contributed by atoms with Crippen molar-refractivity contribution < 1.29 is 14.7 Å². The van der Waals surface area contributed by atoms with Gasteiger partial charge in [0.05, 0.1) is 23.6 Å². The van der Waals surface area contributed by atoms with Crippen molar-refractivity contribution in [3.05, 3.63) is 70.7 Å². The van der Waals surface area contributed by atoms with E-state index >= 15 is 0 Å². The summed E-state index contributed by atoms with van der Waals surface area (Å²) in [6.07, 6.45) is 0.389. The third-order valence-corrected chi connectivity index (χ3v) is 6.05. The molecule has 1 aliphatic rings. The van der Waals surface area contributed by atoms with Crippen molar-refractivity contribution in [2.24, 2.45) is 5.41 Å². The summed E-state index contributed by atoms with van der Waals surface area (Å²) in [6.45, 7) is 5.32. The molecule has 2 aromatic carbocycles. The van der Waals surface area contributed by atoms with E-state index in [9.17, 15) is 14.7 Å². The minimum absolute atomic E-state index is 0.243. The van der Waals surface area contributed by atoms with Gasteiger partial charge in [0.15, 0.2) is 0 Å². The normalized spacial score (nSPS) is 23.3. The second kappa shape index (κ2) is 8.56. The molecule has 2 aromatic rings. The molecule has 0 bridgehead atoms. The van der Waals surface area contributed by atoms with Gasteiger partial charge in [-0.05, 0) is 56.9 Å². The highest BCUT2D eigenvalue weighted by molar-refractivity contribution is 6.30. The number of carbonyl (C=O) groups is 2. The molecule has 4 atom stereocenters. The van der Waals surface area contributed by atoms with Crippen molar-refractivity contribution >= 4 is 23.5 Å². The van der Waals surface area contributed by atoms with Crippen molar-refractivity contribution in [3.8, 4) is 0 Å². The number of aliphatic hydroxyl groups excluding tert-OH is 1. The smallest absolute Gasteiger partial charge is 0.324 e. The topological polar surface area (TPSA) is 69.6 Å². The lowest BCUT2D eigenvalue weighted by molar-refractivity contribution is -0.172. The number of rotatable bonds is 6. The number of aliphatic hydroxyl groups is 1. The number of nitrogens with zero attached hydrogens (tertiary/aromatic N) is 1. The highest BCUT2D eigenvalue weighted by Gasteiger charge is 2.61. The van der Waals surface area contributed by atoms with Gasteiger partial charge < -0.3 is 10.4 Å². The van der Waals surface area contributed by atoms with E-state index in [1.807, 2.05) is 68.4 Å². The van der Waals surface area contributed by atoms with Gasteiger partial charge >= 0.3 is 6.03 Å². The SMILES string of the molecule is C[C@@H](NC(=O)N1C(=O)[C@](C)(CCc2ccc(Cl)cc2)[C@H]1[C@@H](C)O)c1ccccc1. The fraction of sp³-hybridized carbons (Fsp3) is 0.391. The first-order valence-corrected chi connectivity index (χ1v) is 10.2. The molecule has 1 saturated heterocycles. The van der Waals surface area contributed by atoms with E-state index in [4.69, 9.17) is 11.6 Å². The number of hydrogen-bond donors (Lipinski definition) is 2. The molecule has 0 aliphatic carbocycles. The Labute approximate surface area is 176 Å². The van der Waals surface area contributed by atoms with E-state index in [-0.39, 0.29) is 11.9 Å². The maximum Gasteiger partial charge on any atom is 0.324 e. The third-order valence-electron chi connectivity index (χ3n) is 5.80. The molecule has 29 heavy (non-hydrogen) atoms. The maximum absolute atomic E-state index is 13.0. The lowest BCUT2D eigenvalue weighted by Crippen LogP contribution is -2.74. The number of imide groups is 1. The van der Waals surface area contributed by atoms with Crippen molar-refractivity contribution in [1.82, 2.24) is 10.2 Å². The van der Waals surface area contributed by atoms with Gasteiger partial charge in [-0.15, -0.1) is 0 Å². The first-order valence-electron chi connectivity index (χ1n) is 9.85. The van der Waals surface area contributed by atoms with Gasteiger partial charge in [0.25, 0.3) is 0 Å². The molecule has 0 radical (unpaired) electrons. The number of halogens is 1. The number of nitrogens with one attached hydrogen (secondary N) is 1. The van der Waals surface area contributed by atoms with E-state index in [0.29, 0.717) is 17.9 Å². The first-order chi connectivity index (χ1) is 13.7. The monoisotopic (exact) mass is 414 g/mol. The number of hydrogen-bond acceptors (Lipinski definition) is 3. The van der Waals surface area contributed by atoms with E-state index in [0.717, 1.165) is 11.1 Å². The lowest BCUT2D eigenvalue weighted by Gasteiger charge is -2.54. The van der Waals surface area contributed by atoms with Crippen molar-refractivity contribution in [2.45, 2.75) is 51.8 Å². The number of benzene rings is 2. The number of amides is 3. The van der Waals surface area contributed by atoms with E-state index in [2.05, 4.69) is 5.32 Å². The fourth-order valence-corrected chi connectivity index (χ4v) is 4.23. The molecule has 3 amide bonds. The van der Waals surface area contributed by atoms with Gasteiger partial charge in [-0.3, -0.25) is 9.69 Å². The van der Waals surface area contributed by atoms with Crippen LogP contribution in [0.25, 0.3) is 0 Å². The summed E-state index contributed by atoms with van der Waals surface area (Å²) >= 11 is 5.93. The van der Waals surface area contributed by atoms with Gasteiger partial charge in [0.1, 0.15) is 0 Å². The van der Waals surface area contributed by atoms with Crippen LogP contribution < -0.4 is 5.32 Å². The number of likely N-dealkylation sites (tertiary alicyclic amines) is 1. The van der Waals surface area contributed by atoms with Crippen molar-refractivity contribution in [1.29, 1.82) is 0 Å². The summed E-state index contributed by atoms with van der Waals surface area (Å²) < 4.78 is 0. The van der Waals surface area contributed by atoms with E-state index < -0.39 is 23.6 Å². The Morgan fingerprint density at radius 3 is 2.38 bits per heavy atom. The van der Waals surface area contributed by atoms with E-state index in [1.54, 1.807) is 6.92 Å². The van der Waals surface area contributed by atoms with Crippen molar-refractivity contribution in [3.63, 3.8) is 0 Å². The van der Waals surface area contributed by atoms with Crippen LogP contribution in [0.4, 0.5) is 4.79 Å². The number of carbonyl (C=O) groups excluding carboxylic acids is 2. The zero-order chi connectivity index (χ0) is 21.2. The van der Waals surface area contributed by atoms with Crippen LogP contribution in [-0.2, 0) is 11.2 Å². The van der Waals surface area contributed by atoms with Crippen LogP contribution in [0.5, 0.6) is 0 Å². The second-order valence-electron chi connectivity index (χ2n) is 7.99. The van der Waals surface area contributed by atoms with E-state index in [1.165, 1.54) is 4.90 Å². The summed E-state index contributed by atoms with van der Waals surface area (Å²) in [5, 5.41) is 13.9. The molecule has 3 rings (SSSR count). The van der Waals surface area contributed by atoms with Crippen LogP contribution in [0.2, 0.25) is 5.02 Å².